The van der Waals surface area contributed by atoms with Crippen LogP contribution in [0, 0.1) is 0 Å². The fourth-order valence-corrected chi connectivity index (χ4v) is 4.07. The number of carbonyl (C=O) groups excluding carboxylic acids is 2. The number of Topliss-reactive ketones (excluding diaryl/α,β-unsaturated/α-hetero) is 1. The lowest BCUT2D eigenvalue weighted by atomic mass is 9.94. The number of aliphatic hydroxyl groups excluding tert-OH is 1. The normalized spacial score (nSPS) is 16.1. The summed E-state index contributed by atoms with van der Waals surface area (Å²) >= 11 is 0. The number of benzene rings is 2. The van der Waals surface area contributed by atoms with Crippen molar-refractivity contribution in [2.75, 3.05) is 7.11 Å². The molecule has 2 aromatic heterocycles. The standard InChI is InChI=1S/C25H19NO7/c1-31-19-9-8-15(11-17(19)27)22-21(23(28)20-12-14-5-2-3-7-18(14)33-20)24(29)25(30)26(22)13-16-6-4-10-32-16/h2-12,22,27,29H,13H2,1H3. The number of ketones is 1. The van der Waals surface area contributed by atoms with Crippen LogP contribution in [0.2, 0.25) is 0 Å². The number of methoxy groups -OCH3 is 1. The highest BCUT2D eigenvalue weighted by molar-refractivity contribution is 6.16. The molecule has 1 aliphatic heterocycles. The van der Waals surface area contributed by atoms with Gasteiger partial charge in [-0.15, -0.1) is 0 Å². The number of hydrogen-bond acceptors (Lipinski definition) is 7. The quantitative estimate of drug-likeness (QED) is 0.420. The van der Waals surface area contributed by atoms with Gasteiger partial charge >= 0.3 is 0 Å². The van der Waals surface area contributed by atoms with E-state index < -0.39 is 23.5 Å². The summed E-state index contributed by atoms with van der Waals surface area (Å²) in [4.78, 5) is 27.9. The van der Waals surface area contributed by atoms with E-state index in [1.807, 2.05) is 6.07 Å². The van der Waals surface area contributed by atoms with Gasteiger partial charge in [-0.3, -0.25) is 9.59 Å². The molecule has 0 aliphatic carbocycles. The van der Waals surface area contributed by atoms with Gasteiger partial charge in [0.1, 0.15) is 11.3 Å². The summed E-state index contributed by atoms with van der Waals surface area (Å²) in [6, 6.07) is 15.6. The third kappa shape index (κ3) is 3.41. The SMILES string of the molecule is COc1ccc(C2C(C(=O)c3cc4ccccc4o3)=C(O)C(=O)N2Cc2ccco2)cc1O. The Morgan fingerprint density at radius 2 is 1.91 bits per heavy atom. The van der Waals surface area contributed by atoms with Crippen LogP contribution in [0.3, 0.4) is 0 Å². The third-order valence-corrected chi connectivity index (χ3v) is 5.62. The van der Waals surface area contributed by atoms with Crippen LogP contribution in [0.25, 0.3) is 11.0 Å². The Balaban J connectivity index is 1.62. The molecule has 0 saturated heterocycles. The molecule has 1 atom stereocenters. The summed E-state index contributed by atoms with van der Waals surface area (Å²) in [6.07, 6.45) is 1.47. The van der Waals surface area contributed by atoms with Crippen LogP contribution in [0.4, 0.5) is 0 Å². The number of ether oxygens (including phenoxy) is 1. The second-order valence-corrected chi connectivity index (χ2v) is 7.59. The van der Waals surface area contributed by atoms with Crippen LogP contribution < -0.4 is 4.74 Å². The lowest BCUT2D eigenvalue weighted by molar-refractivity contribution is -0.130. The molecular formula is C25H19NO7. The summed E-state index contributed by atoms with van der Waals surface area (Å²) in [6.45, 7) is 0.00423. The lowest BCUT2D eigenvalue weighted by Gasteiger charge is -2.26. The molecule has 2 N–H and O–H groups in total. The molecule has 0 radical (unpaired) electrons. The van der Waals surface area contributed by atoms with Gasteiger partial charge in [0.25, 0.3) is 5.91 Å². The number of nitrogens with zero attached hydrogens (tertiary/aromatic N) is 1. The maximum atomic E-state index is 13.5. The Morgan fingerprint density at radius 3 is 2.61 bits per heavy atom. The van der Waals surface area contributed by atoms with Gasteiger partial charge in [-0.25, -0.2) is 0 Å². The maximum absolute atomic E-state index is 13.5. The molecule has 5 rings (SSSR count). The maximum Gasteiger partial charge on any atom is 0.290 e. The van der Waals surface area contributed by atoms with Crippen LogP contribution in [-0.2, 0) is 11.3 Å². The number of aromatic hydroxyl groups is 1. The number of phenols is 1. The number of furan rings is 2. The first-order valence-electron chi connectivity index (χ1n) is 10.1. The Hall–Kier alpha value is -4.46. The van der Waals surface area contributed by atoms with Gasteiger partial charge in [0.2, 0.25) is 5.78 Å². The number of para-hydroxylation sites is 1. The molecule has 2 aromatic carbocycles. The van der Waals surface area contributed by atoms with Crippen molar-refractivity contribution in [3.05, 3.63) is 95.3 Å². The van der Waals surface area contributed by atoms with Crippen molar-refractivity contribution in [2.45, 2.75) is 12.6 Å². The predicted octanol–water partition coefficient (Wildman–Crippen LogP) is 4.52. The number of aliphatic hydroxyl groups is 1. The van der Waals surface area contributed by atoms with Gasteiger partial charge in [0.05, 0.1) is 31.5 Å². The second-order valence-electron chi connectivity index (χ2n) is 7.59. The van der Waals surface area contributed by atoms with Gasteiger partial charge in [0.15, 0.2) is 23.0 Å². The van der Waals surface area contributed by atoms with Crippen molar-refractivity contribution in [2.24, 2.45) is 0 Å². The third-order valence-electron chi connectivity index (χ3n) is 5.62. The van der Waals surface area contributed by atoms with Crippen molar-refractivity contribution < 1.29 is 33.4 Å². The van der Waals surface area contributed by atoms with Crippen LogP contribution in [0.15, 0.2) is 87.1 Å². The molecule has 166 valence electrons. The molecule has 1 amide bonds. The summed E-state index contributed by atoms with van der Waals surface area (Å²) in [5, 5.41) is 21.8. The molecule has 0 spiro atoms. The largest absolute Gasteiger partial charge is 0.504 e. The Morgan fingerprint density at radius 1 is 1.09 bits per heavy atom. The highest BCUT2D eigenvalue weighted by atomic mass is 16.5. The number of amides is 1. The van der Waals surface area contributed by atoms with Crippen molar-refractivity contribution >= 4 is 22.7 Å². The fraction of sp³-hybridized carbons (Fsp3) is 0.120. The van der Waals surface area contributed by atoms with Crippen LogP contribution in [0.5, 0.6) is 11.5 Å². The van der Waals surface area contributed by atoms with Gasteiger partial charge < -0.3 is 28.7 Å². The topological polar surface area (TPSA) is 113 Å². The molecule has 0 saturated carbocycles. The van der Waals surface area contributed by atoms with Gasteiger partial charge in [-0.05, 0) is 42.0 Å². The molecule has 1 aliphatic rings. The van der Waals surface area contributed by atoms with Gasteiger partial charge in [-0.1, -0.05) is 24.3 Å². The minimum Gasteiger partial charge on any atom is -0.504 e. The number of fused-ring (bicyclic) bond motifs is 1. The van der Waals surface area contributed by atoms with Crippen LogP contribution in [0.1, 0.15) is 27.9 Å². The minimum absolute atomic E-state index is 0.00423. The number of carbonyl (C=O) groups is 2. The molecule has 3 heterocycles. The van der Waals surface area contributed by atoms with E-state index in [-0.39, 0.29) is 29.4 Å². The monoisotopic (exact) mass is 445 g/mol. The number of hydrogen-bond donors (Lipinski definition) is 2. The van der Waals surface area contributed by atoms with Gasteiger partial charge in [0, 0.05) is 5.39 Å². The summed E-state index contributed by atoms with van der Waals surface area (Å²) < 4.78 is 16.2. The second kappa shape index (κ2) is 7.90. The Bertz CT molecular complexity index is 1360. The average Bonchev–Trinajstić information content (AvgIpc) is 3.54. The molecule has 0 bridgehead atoms. The van der Waals surface area contributed by atoms with Gasteiger partial charge in [-0.2, -0.15) is 0 Å². The number of phenolic OH excluding ortho intramolecular Hbond substituents is 1. The van der Waals surface area contributed by atoms with Crippen LogP contribution in [-0.4, -0.2) is 33.9 Å². The molecule has 33 heavy (non-hydrogen) atoms. The summed E-state index contributed by atoms with van der Waals surface area (Å²) in [5.41, 5.74) is 0.781. The fourth-order valence-electron chi connectivity index (χ4n) is 4.07. The highest BCUT2D eigenvalue weighted by Gasteiger charge is 2.45. The highest BCUT2D eigenvalue weighted by Crippen LogP contribution is 2.42. The summed E-state index contributed by atoms with van der Waals surface area (Å²) in [7, 11) is 1.42. The van der Waals surface area contributed by atoms with E-state index in [4.69, 9.17) is 13.6 Å². The first kappa shape index (κ1) is 20.4. The Labute approximate surface area is 187 Å². The predicted molar refractivity (Wildman–Crippen MR) is 117 cm³/mol. The molecule has 1 unspecified atom stereocenters. The lowest BCUT2D eigenvalue weighted by Crippen LogP contribution is -2.30. The first-order chi connectivity index (χ1) is 16.0. The van der Waals surface area contributed by atoms with Crippen LogP contribution >= 0.6 is 0 Å². The van der Waals surface area contributed by atoms with E-state index in [9.17, 15) is 19.8 Å². The molecule has 0 fully saturated rings. The van der Waals surface area contributed by atoms with Crippen molar-refractivity contribution in [3.63, 3.8) is 0 Å². The number of rotatable bonds is 6. The zero-order valence-electron chi connectivity index (χ0n) is 17.5. The zero-order chi connectivity index (χ0) is 23.1. The van der Waals surface area contributed by atoms with E-state index in [1.165, 1.54) is 30.4 Å². The van der Waals surface area contributed by atoms with E-state index in [1.54, 1.807) is 42.5 Å². The molecule has 8 heteroatoms. The van der Waals surface area contributed by atoms with Crippen molar-refractivity contribution in [1.82, 2.24) is 4.90 Å². The molecule has 4 aromatic rings. The van der Waals surface area contributed by atoms with E-state index in [0.29, 0.717) is 16.9 Å². The Kier molecular flexibility index (Phi) is 4.90. The zero-order valence-corrected chi connectivity index (χ0v) is 17.5. The van der Waals surface area contributed by atoms with E-state index >= 15 is 0 Å². The molecule has 8 nitrogen and oxygen atoms in total. The molecular weight excluding hydrogens is 426 g/mol. The van der Waals surface area contributed by atoms with E-state index in [0.717, 1.165) is 5.39 Å². The van der Waals surface area contributed by atoms with Crippen molar-refractivity contribution in [3.8, 4) is 11.5 Å². The summed E-state index contributed by atoms with van der Waals surface area (Å²) in [5.74, 6) is -1.50. The average molecular weight is 445 g/mol. The minimum atomic E-state index is -0.986. The first-order valence-corrected chi connectivity index (χ1v) is 10.1. The van der Waals surface area contributed by atoms with Crippen molar-refractivity contribution in [1.29, 1.82) is 0 Å². The van der Waals surface area contributed by atoms with E-state index in [2.05, 4.69) is 0 Å². The smallest absolute Gasteiger partial charge is 0.290 e.